The van der Waals surface area contributed by atoms with Crippen LogP contribution in [0.1, 0.15) is 44.7 Å². The van der Waals surface area contributed by atoms with Crippen molar-refractivity contribution in [3.05, 3.63) is 91.8 Å². The van der Waals surface area contributed by atoms with Crippen molar-refractivity contribution in [3.63, 3.8) is 0 Å². The van der Waals surface area contributed by atoms with Gasteiger partial charge in [0.25, 0.3) is 5.56 Å². The van der Waals surface area contributed by atoms with Crippen molar-refractivity contribution in [3.8, 4) is 21.7 Å². The van der Waals surface area contributed by atoms with E-state index in [-0.39, 0.29) is 17.6 Å². The van der Waals surface area contributed by atoms with E-state index in [1.165, 1.54) is 22.2 Å². The van der Waals surface area contributed by atoms with Gasteiger partial charge in [-0.2, -0.15) is 5.10 Å². The number of carbonyl (C=O) groups excluding carboxylic acids is 1. The zero-order valence-corrected chi connectivity index (χ0v) is 29.6. The number of nitrogens with one attached hydrogen (secondary N) is 1. The summed E-state index contributed by atoms with van der Waals surface area (Å²) in [5.41, 5.74) is 3.31. The van der Waals surface area contributed by atoms with Gasteiger partial charge in [-0.1, -0.05) is 59.6 Å². The number of hydrogen-bond donors (Lipinski definition) is 2. The number of hydrogen-bond acceptors (Lipinski definition) is 8. The zero-order valence-electron chi connectivity index (χ0n) is 27.3. The van der Waals surface area contributed by atoms with Crippen molar-refractivity contribution in [2.45, 2.75) is 64.4 Å². The number of thiophene rings is 1. The quantitative estimate of drug-likeness (QED) is 0.181. The van der Waals surface area contributed by atoms with Gasteiger partial charge in [-0.25, -0.2) is 9.78 Å². The molecule has 1 aliphatic heterocycles. The number of benzene rings is 2. The number of rotatable bonds is 8. The second kappa shape index (κ2) is 13.6. The molecule has 0 spiro atoms. The summed E-state index contributed by atoms with van der Waals surface area (Å²) >= 11 is 14.3. The van der Waals surface area contributed by atoms with Crippen molar-refractivity contribution in [1.29, 1.82) is 0 Å². The molecule has 1 aliphatic rings. The average Bonchev–Trinajstić information content (AvgIpc) is 3.62. The molecular formula is C35H38Cl2N6O4S. The lowest BCUT2D eigenvalue weighted by Gasteiger charge is -2.38. The average molecular weight is 710 g/mol. The molecule has 0 bridgehead atoms. The SMILES string of the molecule is Cn1nc2c(=O)n(CC3(O)CCN(Cc4ccc(-c5ccc(Cl)s5)cc4Cl)CC3)cnc2c1-c1ccc(CNC(=O)OC(C)(C)C)cc1. The Morgan fingerprint density at radius 1 is 1.04 bits per heavy atom. The highest BCUT2D eigenvalue weighted by Gasteiger charge is 2.34. The highest BCUT2D eigenvalue weighted by atomic mass is 35.5. The van der Waals surface area contributed by atoms with Gasteiger partial charge < -0.3 is 15.2 Å². The molecule has 252 valence electrons. The van der Waals surface area contributed by atoms with Gasteiger partial charge in [-0.3, -0.25) is 18.9 Å². The summed E-state index contributed by atoms with van der Waals surface area (Å²) in [6.07, 6.45) is 2.03. The van der Waals surface area contributed by atoms with E-state index in [1.54, 1.807) is 11.7 Å². The van der Waals surface area contributed by atoms with Crippen molar-refractivity contribution in [2.75, 3.05) is 13.1 Å². The lowest BCUT2D eigenvalue weighted by atomic mass is 9.91. The molecule has 1 fully saturated rings. The van der Waals surface area contributed by atoms with E-state index < -0.39 is 17.3 Å². The molecule has 0 radical (unpaired) electrons. The first-order valence-corrected chi connectivity index (χ1v) is 17.3. The van der Waals surface area contributed by atoms with Crippen LogP contribution in [0.2, 0.25) is 9.36 Å². The van der Waals surface area contributed by atoms with Crippen LogP contribution in [-0.4, -0.2) is 59.7 Å². The first-order valence-electron chi connectivity index (χ1n) is 15.7. The Bertz CT molecular complexity index is 2010. The smallest absolute Gasteiger partial charge is 0.407 e. The number of fused-ring (bicyclic) bond motifs is 1. The van der Waals surface area contributed by atoms with Gasteiger partial charge in [-0.15, -0.1) is 11.3 Å². The Morgan fingerprint density at radius 2 is 1.75 bits per heavy atom. The summed E-state index contributed by atoms with van der Waals surface area (Å²) in [7, 11) is 1.78. The minimum absolute atomic E-state index is 0.132. The monoisotopic (exact) mass is 708 g/mol. The molecule has 13 heteroatoms. The van der Waals surface area contributed by atoms with Crippen LogP contribution in [0, 0.1) is 0 Å². The zero-order chi connectivity index (χ0) is 34.2. The molecule has 0 aliphatic carbocycles. The highest BCUT2D eigenvalue weighted by Crippen LogP contribution is 2.34. The van der Waals surface area contributed by atoms with Gasteiger partial charge in [0.05, 0.1) is 28.5 Å². The second-order valence-corrected chi connectivity index (χ2v) is 15.4. The van der Waals surface area contributed by atoms with Gasteiger partial charge in [0.2, 0.25) is 0 Å². The number of aromatic nitrogens is 4. The normalized spacial score (nSPS) is 15.1. The molecule has 4 heterocycles. The fraction of sp³-hybridized carbons (Fsp3) is 0.371. The lowest BCUT2D eigenvalue weighted by molar-refractivity contribution is -0.0364. The minimum atomic E-state index is -1.05. The summed E-state index contributed by atoms with van der Waals surface area (Å²) in [5.74, 6) is 0. The number of amides is 1. The Morgan fingerprint density at radius 3 is 2.40 bits per heavy atom. The number of halogens is 2. The van der Waals surface area contributed by atoms with Gasteiger partial charge in [0, 0.05) is 48.7 Å². The molecule has 10 nitrogen and oxygen atoms in total. The summed E-state index contributed by atoms with van der Waals surface area (Å²) < 4.78 is 9.16. The van der Waals surface area contributed by atoms with E-state index in [0.717, 1.165) is 31.5 Å². The number of aryl methyl sites for hydroxylation is 1. The molecule has 1 saturated heterocycles. The van der Waals surface area contributed by atoms with Gasteiger partial charge >= 0.3 is 6.09 Å². The van der Waals surface area contributed by atoms with E-state index >= 15 is 0 Å². The molecule has 5 aromatic rings. The van der Waals surface area contributed by atoms with Gasteiger partial charge in [0.1, 0.15) is 11.1 Å². The molecule has 2 aromatic carbocycles. The predicted octanol–water partition coefficient (Wildman–Crippen LogP) is 6.88. The number of piperidine rings is 1. The molecule has 0 unspecified atom stereocenters. The number of ether oxygens (including phenoxy) is 1. The Kier molecular flexibility index (Phi) is 9.70. The number of likely N-dealkylation sites (tertiary alicyclic amines) is 1. The molecule has 48 heavy (non-hydrogen) atoms. The molecular weight excluding hydrogens is 671 g/mol. The van der Waals surface area contributed by atoms with E-state index in [0.29, 0.717) is 55.3 Å². The third kappa shape index (κ3) is 7.76. The van der Waals surface area contributed by atoms with Crippen LogP contribution in [-0.2, 0) is 31.4 Å². The van der Waals surface area contributed by atoms with E-state index in [9.17, 15) is 14.7 Å². The topological polar surface area (TPSA) is 115 Å². The number of carbonyl (C=O) groups is 1. The van der Waals surface area contributed by atoms with Crippen LogP contribution in [0.5, 0.6) is 0 Å². The van der Waals surface area contributed by atoms with Crippen LogP contribution in [0.15, 0.2) is 65.7 Å². The molecule has 0 atom stereocenters. The maximum atomic E-state index is 13.6. The van der Waals surface area contributed by atoms with E-state index in [4.69, 9.17) is 27.9 Å². The maximum absolute atomic E-state index is 13.6. The first-order chi connectivity index (χ1) is 22.8. The van der Waals surface area contributed by atoms with Crippen LogP contribution in [0.25, 0.3) is 32.7 Å². The first kappa shape index (κ1) is 34.1. The largest absolute Gasteiger partial charge is 0.444 e. The van der Waals surface area contributed by atoms with E-state index in [2.05, 4.69) is 26.4 Å². The molecule has 3 aromatic heterocycles. The fourth-order valence-corrected chi connectivity index (χ4v) is 7.22. The molecule has 1 amide bonds. The summed E-state index contributed by atoms with van der Waals surface area (Å²) in [6.45, 7) is 7.90. The number of nitrogens with zero attached hydrogens (tertiary/aromatic N) is 5. The predicted molar refractivity (Wildman–Crippen MR) is 191 cm³/mol. The van der Waals surface area contributed by atoms with Gasteiger partial charge in [0.15, 0.2) is 5.52 Å². The molecule has 6 rings (SSSR count). The standard InChI is InChI=1S/C35H38Cl2N6O4S/c1-34(2,3)47-33(45)38-18-22-5-7-23(8-6-22)31-29-30(40-41(31)4)32(44)43(21-39-29)20-35(46)13-15-42(16-14-35)19-25-10-9-24(17-26(25)36)27-11-12-28(37)48-27/h5-12,17,21,46H,13-16,18-20H2,1-4H3,(H,38,45). The lowest BCUT2D eigenvalue weighted by Crippen LogP contribution is -2.47. The third-order valence-electron chi connectivity index (χ3n) is 8.43. The van der Waals surface area contributed by atoms with Crippen molar-refractivity contribution < 1.29 is 14.6 Å². The van der Waals surface area contributed by atoms with Crippen LogP contribution in [0.3, 0.4) is 0 Å². The van der Waals surface area contributed by atoms with Gasteiger partial charge in [-0.05, 0) is 68.5 Å². The van der Waals surface area contributed by atoms with Crippen molar-refractivity contribution in [1.82, 2.24) is 29.5 Å². The third-order valence-corrected chi connectivity index (χ3v) is 10.1. The molecule has 2 N–H and O–H groups in total. The Labute approximate surface area is 292 Å². The summed E-state index contributed by atoms with van der Waals surface area (Å²) in [5, 5.41) is 19.5. The van der Waals surface area contributed by atoms with Crippen molar-refractivity contribution >= 4 is 51.7 Å². The maximum Gasteiger partial charge on any atom is 0.407 e. The minimum Gasteiger partial charge on any atom is -0.444 e. The van der Waals surface area contributed by atoms with Crippen LogP contribution < -0.4 is 10.9 Å². The number of aliphatic hydroxyl groups is 1. The van der Waals surface area contributed by atoms with Crippen LogP contribution >= 0.6 is 34.5 Å². The second-order valence-electron chi connectivity index (χ2n) is 13.3. The van der Waals surface area contributed by atoms with Crippen LogP contribution in [0.4, 0.5) is 4.79 Å². The fourth-order valence-electron chi connectivity index (χ4n) is 5.94. The van der Waals surface area contributed by atoms with Crippen molar-refractivity contribution in [2.24, 2.45) is 7.05 Å². The summed E-state index contributed by atoms with van der Waals surface area (Å²) in [6, 6.07) is 17.6. The Hall–Kier alpha value is -3.74. The van der Waals surface area contributed by atoms with E-state index in [1.807, 2.05) is 69.3 Å². The molecule has 0 saturated carbocycles. The highest BCUT2D eigenvalue weighted by molar-refractivity contribution is 7.19. The Balaban J connectivity index is 1.09. The summed E-state index contributed by atoms with van der Waals surface area (Å²) in [4.78, 5) is 33.5. The number of alkyl carbamates (subject to hydrolysis) is 1.